The Morgan fingerprint density at radius 1 is 0.969 bits per heavy atom. The van der Waals surface area contributed by atoms with Crippen molar-refractivity contribution >= 4 is 21.6 Å². The molecule has 3 aromatic rings. The van der Waals surface area contributed by atoms with Gasteiger partial charge >= 0.3 is 0 Å². The maximum atomic E-state index is 13.8. The van der Waals surface area contributed by atoms with E-state index < -0.39 is 21.7 Å². The summed E-state index contributed by atoms with van der Waals surface area (Å²) >= 11 is 0. The number of halogens is 1. The van der Waals surface area contributed by atoms with Crippen molar-refractivity contribution in [1.82, 2.24) is 5.32 Å². The molecule has 6 nitrogen and oxygen atoms in total. The molecule has 1 amide bonds. The van der Waals surface area contributed by atoms with E-state index in [4.69, 9.17) is 4.74 Å². The lowest BCUT2D eigenvalue weighted by Gasteiger charge is -2.11. The molecule has 0 bridgehead atoms. The number of amides is 1. The van der Waals surface area contributed by atoms with Crippen LogP contribution in [0.25, 0.3) is 0 Å². The molecule has 168 valence electrons. The van der Waals surface area contributed by atoms with E-state index in [2.05, 4.69) is 10.0 Å². The molecule has 0 aliphatic heterocycles. The van der Waals surface area contributed by atoms with E-state index in [1.165, 1.54) is 42.5 Å². The summed E-state index contributed by atoms with van der Waals surface area (Å²) in [5.74, 6) is -1.10. The summed E-state index contributed by atoms with van der Waals surface area (Å²) in [5, 5.41) is 2.78. The molecule has 0 unspecified atom stereocenters. The molecule has 0 aliphatic rings. The van der Waals surface area contributed by atoms with Crippen molar-refractivity contribution in [2.24, 2.45) is 0 Å². The molecule has 3 rings (SSSR count). The highest BCUT2D eigenvalue weighted by Crippen LogP contribution is 2.19. The molecular weight excluding hydrogens is 431 g/mol. The first-order valence-electron chi connectivity index (χ1n) is 10.1. The predicted octanol–water partition coefficient (Wildman–Crippen LogP) is 4.48. The first-order valence-corrected chi connectivity index (χ1v) is 11.6. The Hall–Kier alpha value is -3.23. The Kier molecular flexibility index (Phi) is 7.61. The van der Waals surface area contributed by atoms with Crippen LogP contribution in [0, 0.1) is 5.82 Å². The zero-order valence-electron chi connectivity index (χ0n) is 17.8. The molecule has 3 aromatic carbocycles. The molecular formula is C24H25FN2O4S. The topological polar surface area (TPSA) is 84.5 Å². The van der Waals surface area contributed by atoms with Crippen LogP contribution < -0.4 is 10.0 Å². The number of hydrogen-bond acceptors (Lipinski definition) is 4. The molecule has 8 heteroatoms. The van der Waals surface area contributed by atoms with E-state index in [0.29, 0.717) is 6.61 Å². The Labute approximate surface area is 187 Å². The summed E-state index contributed by atoms with van der Waals surface area (Å²) in [5.41, 5.74) is 1.96. The fourth-order valence-electron chi connectivity index (χ4n) is 2.85. The van der Waals surface area contributed by atoms with Crippen LogP contribution >= 0.6 is 0 Å². The number of para-hydroxylation sites is 1. The molecule has 0 aromatic heterocycles. The smallest absolute Gasteiger partial charge is 0.262 e. The van der Waals surface area contributed by atoms with Crippen molar-refractivity contribution in [3.05, 3.63) is 95.3 Å². The van der Waals surface area contributed by atoms with E-state index in [9.17, 15) is 17.6 Å². The van der Waals surface area contributed by atoms with Crippen molar-refractivity contribution in [3.8, 4) is 0 Å². The van der Waals surface area contributed by atoms with E-state index in [0.717, 1.165) is 17.2 Å². The molecule has 0 spiro atoms. The highest BCUT2D eigenvalue weighted by atomic mass is 32.2. The minimum Gasteiger partial charge on any atom is -0.374 e. The molecule has 0 atom stereocenters. The van der Waals surface area contributed by atoms with Crippen LogP contribution in [0.4, 0.5) is 10.1 Å². The van der Waals surface area contributed by atoms with Crippen LogP contribution in [0.5, 0.6) is 0 Å². The average molecular weight is 457 g/mol. The second-order valence-corrected chi connectivity index (χ2v) is 9.15. The lowest BCUT2D eigenvalue weighted by molar-refractivity contribution is 0.0657. The van der Waals surface area contributed by atoms with Gasteiger partial charge in [-0.05, 0) is 55.3 Å². The highest BCUT2D eigenvalue weighted by Gasteiger charge is 2.18. The number of ether oxygens (including phenoxy) is 1. The van der Waals surface area contributed by atoms with Gasteiger partial charge in [-0.1, -0.05) is 42.5 Å². The van der Waals surface area contributed by atoms with Crippen LogP contribution in [0.1, 0.15) is 35.3 Å². The highest BCUT2D eigenvalue weighted by molar-refractivity contribution is 7.92. The normalized spacial score (nSPS) is 11.4. The van der Waals surface area contributed by atoms with Crippen molar-refractivity contribution in [3.63, 3.8) is 0 Å². The predicted molar refractivity (Wildman–Crippen MR) is 121 cm³/mol. The van der Waals surface area contributed by atoms with Gasteiger partial charge in [0.05, 0.1) is 23.3 Å². The summed E-state index contributed by atoms with van der Waals surface area (Å²) in [6.45, 7) is 4.75. The summed E-state index contributed by atoms with van der Waals surface area (Å²) in [6.07, 6.45) is 0.149. The summed E-state index contributed by atoms with van der Waals surface area (Å²) in [7, 11) is -4.06. The van der Waals surface area contributed by atoms with E-state index in [-0.39, 0.29) is 28.8 Å². The Morgan fingerprint density at radius 3 is 2.34 bits per heavy atom. The van der Waals surface area contributed by atoms with Gasteiger partial charge in [0.15, 0.2) is 0 Å². The number of benzene rings is 3. The van der Waals surface area contributed by atoms with Crippen LogP contribution in [-0.2, 0) is 27.9 Å². The number of sulfonamides is 1. The zero-order chi connectivity index (χ0) is 23.1. The number of anilines is 1. The Bertz CT molecular complexity index is 1180. The molecule has 0 saturated heterocycles. The standard InChI is InChI=1S/C24H25FN2O4S/c1-17(2)31-16-19-12-10-18(11-13-19)15-26-24(28)20-6-5-7-21(14-20)32(29,30)27-23-9-4-3-8-22(23)25/h3-14,17,27H,15-16H2,1-2H3,(H,26,28). The Balaban J connectivity index is 1.64. The molecule has 2 N–H and O–H groups in total. The molecule has 32 heavy (non-hydrogen) atoms. The third-order valence-electron chi connectivity index (χ3n) is 4.58. The Morgan fingerprint density at radius 2 is 1.66 bits per heavy atom. The van der Waals surface area contributed by atoms with Crippen LogP contribution in [-0.4, -0.2) is 20.4 Å². The molecule has 0 radical (unpaired) electrons. The minimum atomic E-state index is -4.06. The maximum Gasteiger partial charge on any atom is 0.262 e. The van der Waals surface area contributed by atoms with Gasteiger partial charge in [-0.15, -0.1) is 0 Å². The van der Waals surface area contributed by atoms with Crippen molar-refractivity contribution in [1.29, 1.82) is 0 Å². The van der Waals surface area contributed by atoms with Crippen LogP contribution in [0.15, 0.2) is 77.7 Å². The first-order chi connectivity index (χ1) is 15.2. The van der Waals surface area contributed by atoms with Crippen LogP contribution in [0.2, 0.25) is 0 Å². The molecule has 0 fully saturated rings. The quantitative estimate of drug-likeness (QED) is 0.497. The van der Waals surface area contributed by atoms with Crippen molar-refractivity contribution < 1.29 is 22.3 Å². The van der Waals surface area contributed by atoms with Crippen molar-refractivity contribution in [2.75, 3.05) is 4.72 Å². The van der Waals surface area contributed by atoms with Gasteiger partial charge in [0.25, 0.3) is 15.9 Å². The lowest BCUT2D eigenvalue weighted by atomic mass is 10.1. The number of nitrogens with one attached hydrogen (secondary N) is 2. The second-order valence-electron chi connectivity index (χ2n) is 7.47. The fraction of sp³-hybridized carbons (Fsp3) is 0.208. The summed E-state index contributed by atoms with van der Waals surface area (Å²) in [4.78, 5) is 12.4. The third kappa shape index (κ3) is 6.38. The van der Waals surface area contributed by atoms with Gasteiger partial charge in [-0.2, -0.15) is 0 Å². The number of carbonyl (C=O) groups is 1. The van der Waals surface area contributed by atoms with E-state index in [1.807, 2.05) is 38.1 Å². The third-order valence-corrected chi connectivity index (χ3v) is 5.95. The maximum absolute atomic E-state index is 13.8. The van der Waals surface area contributed by atoms with Gasteiger partial charge in [-0.25, -0.2) is 12.8 Å². The lowest BCUT2D eigenvalue weighted by Crippen LogP contribution is -2.23. The zero-order valence-corrected chi connectivity index (χ0v) is 18.7. The van der Waals surface area contributed by atoms with Gasteiger partial charge < -0.3 is 10.1 Å². The van der Waals surface area contributed by atoms with Crippen molar-refractivity contribution in [2.45, 2.75) is 38.0 Å². The average Bonchev–Trinajstić information content (AvgIpc) is 2.78. The SMILES string of the molecule is CC(C)OCc1ccc(CNC(=O)c2cccc(S(=O)(=O)Nc3ccccc3F)c2)cc1. The number of carbonyl (C=O) groups excluding carboxylic acids is 1. The van der Waals surface area contributed by atoms with E-state index >= 15 is 0 Å². The summed E-state index contributed by atoms with van der Waals surface area (Å²) < 4.78 is 46.8. The molecule has 0 saturated carbocycles. The molecule has 0 heterocycles. The number of hydrogen-bond donors (Lipinski definition) is 2. The summed E-state index contributed by atoms with van der Waals surface area (Å²) in [6, 6.07) is 18.7. The van der Waals surface area contributed by atoms with Gasteiger partial charge in [0, 0.05) is 12.1 Å². The monoisotopic (exact) mass is 456 g/mol. The molecule has 0 aliphatic carbocycles. The largest absolute Gasteiger partial charge is 0.374 e. The van der Waals surface area contributed by atoms with Gasteiger partial charge in [-0.3, -0.25) is 9.52 Å². The second kappa shape index (κ2) is 10.4. The van der Waals surface area contributed by atoms with E-state index in [1.54, 1.807) is 0 Å². The minimum absolute atomic E-state index is 0.136. The fourth-order valence-corrected chi connectivity index (χ4v) is 3.97. The number of rotatable bonds is 9. The van der Waals surface area contributed by atoms with Gasteiger partial charge in [0.2, 0.25) is 0 Å². The first kappa shape index (κ1) is 23.4. The van der Waals surface area contributed by atoms with Crippen LogP contribution in [0.3, 0.4) is 0 Å². The van der Waals surface area contributed by atoms with Gasteiger partial charge in [0.1, 0.15) is 5.82 Å².